The Hall–Kier alpha value is -2.70. The Bertz CT molecular complexity index is 767. The van der Waals surface area contributed by atoms with Crippen molar-refractivity contribution < 1.29 is 14.0 Å². The van der Waals surface area contributed by atoms with Crippen LogP contribution in [0.5, 0.6) is 0 Å². The normalized spacial score (nSPS) is 15.7. The van der Waals surface area contributed by atoms with Crippen molar-refractivity contribution in [3.63, 3.8) is 0 Å². The summed E-state index contributed by atoms with van der Waals surface area (Å²) in [5.74, 6) is 0.880. The highest BCUT2D eigenvalue weighted by Crippen LogP contribution is 2.23. The van der Waals surface area contributed by atoms with Crippen molar-refractivity contribution in [2.45, 2.75) is 39.7 Å². The van der Waals surface area contributed by atoms with E-state index in [9.17, 15) is 9.59 Å². The molecule has 7 nitrogen and oxygen atoms in total. The van der Waals surface area contributed by atoms with E-state index in [-0.39, 0.29) is 17.7 Å². The number of hydrogen-bond acceptors (Lipinski definition) is 5. The summed E-state index contributed by atoms with van der Waals surface area (Å²) in [5.41, 5.74) is 1.45. The molecule has 1 aromatic carbocycles. The molecule has 1 fully saturated rings. The lowest BCUT2D eigenvalue weighted by Crippen LogP contribution is -2.47. The predicted octanol–water partition coefficient (Wildman–Crippen LogP) is 2.63. The number of nitrogens with zero attached hydrogens (tertiary/aromatic N) is 3. The lowest BCUT2D eigenvalue weighted by molar-refractivity contribution is -0.136. The predicted molar refractivity (Wildman–Crippen MR) is 92.7 cm³/mol. The number of carbonyl (C=O) groups excluding carboxylic acids is 2. The summed E-state index contributed by atoms with van der Waals surface area (Å²) in [7, 11) is 0. The van der Waals surface area contributed by atoms with Gasteiger partial charge in [0.05, 0.1) is 0 Å². The first-order valence-corrected chi connectivity index (χ1v) is 8.46. The number of rotatable bonds is 5. The molecule has 2 heterocycles. The minimum Gasteiger partial charge on any atom is -0.421 e. The van der Waals surface area contributed by atoms with Gasteiger partial charge < -0.3 is 14.6 Å². The van der Waals surface area contributed by atoms with Gasteiger partial charge in [-0.1, -0.05) is 13.8 Å². The van der Waals surface area contributed by atoms with E-state index in [1.807, 2.05) is 26.0 Å². The molecule has 2 amide bonds. The zero-order valence-corrected chi connectivity index (χ0v) is 14.7. The van der Waals surface area contributed by atoms with E-state index in [4.69, 9.17) is 4.42 Å². The number of aryl methyl sites for hydroxylation is 1. The molecule has 132 valence electrons. The van der Waals surface area contributed by atoms with Crippen molar-refractivity contribution in [2.24, 2.45) is 5.92 Å². The molecule has 0 spiro atoms. The Balaban J connectivity index is 1.72. The first-order valence-electron chi connectivity index (χ1n) is 8.46. The third-order valence-corrected chi connectivity index (χ3v) is 4.27. The number of carbonyl (C=O) groups is 2. The summed E-state index contributed by atoms with van der Waals surface area (Å²) < 4.78 is 5.39. The molecule has 1 aromatic heterocycles. The Labute approximate surface area is 146 Å². The number of likely N-dealkylation sites (tertiary alicyclic amines) is 1. The van der Waals surface area contributed by atoms with E-state index in [1.54, 1.807) is 24.0 Å². The molecule has 2 aromatic rings. The fraction of sp³-hybridized carbons (Fsp3) is 0.444. The molecule has 1 unspecified atom stereocenters. The topological polar surface area (TPSA) is 88.3 Å². The molecule has 1 N–H and O–H groups in total. The van der Waals surface area contributed by atoms with Crippen molar-refractivity contribution in [3.05, 3.63) is 30.2 Å². The number of nitrogens with one attached hydrogen (secondary N) is 1. The van der Waals surface area contributed by atoms with Crippen molar-refractivity contribution in [1.82, 2.24) is 15.1 Å². The number of hydrogen-bond donors (Lipinski definition) is 1. The Morgan fingerprint density at radius 3 is 2.48 bits per heavy atom. The van der Waals surface area contributed by atoms with Crippen LogP contribution in [0.1, 0.15) is 32.6 Å². The molecule has 0 saturated carbocycles. The average Bonchev–Trinajstić information content (AvgIpc) is 3.17. The maximum absolute atomic E-state index is 12.7. The summed E-state index contributed by atoms with van der Waals surface area (Å²) in [6, 6.07) is 6.75. The van der Waals surface area contributed by atoms with E-state index in [0.717, 1.165) is 12.0 Å². The second-order valence-corrected chi connectivity index (χ2v) is 6.57. The molecule has 3 rings (SSSR count). The second-order valence-electron chi connectivity index (χ2n) is 6.57. The van der Waals surface area contributed by atoms with Crippen LogP contribution in [0.15, 0.2) is 28.7 Å². The molecule has 1 atom stereocenters. The van der Waals surface area contributed by atoms with Gasteiger partial charge in [-0.2, -0.15) is 0 Å². The molecule has 25 heavy (non-hydrogen) atoms. The molecular formula is C18H22N4O3. The van der Waals surface area contributed by atoms with Gasteiger partial charge in [-0.25, -0.2) is 0 Å². The van der Waals surface area contributed by atoms with Gasteiger partial charge in [-0.05, 0) is 36.6 Å². The third kappa shape index (κ3) is 3.70. The zero-order valence-electron chi connectivity index (χ0n) is 14.7. The van der Waals surface area contributed by atoms with Gasteiger partial charge in [-0.15, -0.1) is 10.2 Å². The Morgan fingerprint density at radius 1 is 1.24 bits per heavy atom. The van der Waals surface area contributed by atoms with Gasteiger partial charge in [0.1, 0.15) is 6.04 Å². The first kappa shape index (κ1) is 17.1. The summed E-state index contributed by atoms with van der Waals surface area (Å²) in [6.07, 6.45) is 1.34. The number of benzene rings is 1. The minimum absolute atomic E-state index is 0.0442. The standard InChI is InChI=1S/C18H22N4O3/c1-11(2)16(22-10-4-5-15(22)23)17(24)19-14-8-6-13(7-9-14)18-21-20-12(3)25-18/h6-9,11,16H,4-5,10H2,1-3H3,(H,19,24). The Morgan fingerprint density at radius 2 is 1.96 bits per heavy atom. The summed E-state index contributed by atoms with van der Waals surface area (Å²) in [6.45, 7) is 6.29. The van der Waals surface area contributed by atoms with Crippen LogP contribution in [0.3, 0.4) is 0 Å². The van der Waals surface area contributed by atoms with E-state index >= 15 is 0 Å². The molecule has 1 saturated heterocycles. The molecular weight excluding hydrogens is 320 g/mol. The summed E-state index contributed by atoms with van der Waals surface area (Å²) in [4.78, 5) is 26.4. The molecule has 0 bridgehead atoms. The molecule has 0 aliphatic carbocycles. The SMILES string of the molecule is Cc1nnc(-c2ccc(NC(=O)C(C(C)C)N3CCCC3=O)cc2)o1. The van der Waals surface area contributed by atoms with Gasteiger partial charge in [0.15, 0.2) is 0 Å². The van der Waals surface area contributed by atoms with Crippen LogP contribution in [0, 0.1) is 12.8 Å². The monoisotopic (exact) mass is 342 g/mol. The second kappa shape index (κ2) is 7.04. The zero-order chi connectivity index (χ0) is 18.0. The lowest BCUT2D eigenvalue weighted by Gasteiger charge is -2.29. The van der Waals surface area contributed by atoms with Gasteiger partial charge >= 0.3 is 0 Å². The van der Waals surface area contributed by atoms with E-state index in [1.165, 1.54) is 0 Å². The van der Waals surface area contributed by atoms with Gasteiger partial charge in [0.2, 0.25) is 23.6 Å². The average molecular weight is 342 g/mol. The van der Waals surface area contributed by atoms with Crippen molar-refractivity contribution >= 4 is 17.5 Å². The summed E-state index contributed by atoms with van der Waals surface area (Å²) in [5, 5.41) is 10.7. The maximum Gasteiger partial charge on any atom is 0.247 e. The van der Waals surface area contributed by atoms with Gasteiger partial charge in [0, 0.05) is 31.1 Å². The van der Waals surface area contributed by atoms with Crippen LogP contribution >= 0.6 is 0 Å². The van der Waals surface area contributed by atoms with Crippen LogP contribution in [0.4, 0.5) is 5.69 Å². The molecule has 1 aliphatic heterocycles. The Kier molecular flexibility index (Phi) is 4.83. The van der Waals surface area contributed by atoms with Crippen molar-refractivity contribution in [2.75, 3.05) is 11.9 Å². The fourth-order valence-corrected chi connectivity index (χ4v) is 3.09. The van der Waals surface area contributed by atoms with Gasteiger partial charge in [0.25, 0.3) is 0 Å². The van der Waals surface area contributed by atoms with Crippen LogP contribution in [0.2, 0.25) is 0 Å². The number of amides is 2. The van der Waals surface area contributed by atoms with Crippen LogP contribution in [-0.4, -0.2) is 39.5 Å². The van der Waals surface area contributed by atoms with Crippen LogP contribution in [0.25, 0.3) is 11.5 Å². The fourth-order valence-electron chi connectivity index (χ4n) is 3.09. The molecule has 0 radical (unpaired) electrons. The minimum atomic E-state index is -0.451. The van der Waals surface area contributed by atoms with Crippen molar-refractivity contribution in [3.8, 4) is 11.5 Å². The number of anilines is 1. The third-order valence-electron chi connectivity index (χ3n) is 4.27. The highest BCUT2D eigenvalue weighted by molar-refractivity contribution is 5.97. The van der Waals surface area contributed by atoms with Crippen LogP contribution < -0.4 is 5.32 Å². The van der Waals surface area contributed by atoms with E-state index < -0.39 is 6.04 Å². The largest absolute Gasteiger partial charge is 0.421 e. The molecule has 1 aliphatic rings. The van der Waals surface area contributed by atoms with E-state index in [2.05, 4.69) is 15.5 Å². The maximum atomic E-state index is 12.7. The van der Waals surface area contributed by atoms with Crippen LogP contribution in [-0.2, 0) is 9.59 Å². The smallest absolute Gasteiger partial charge is 0.247 e. The van der Waals surface area contributed by atoms with E-state index in [0.29, 0.717) is 30.4 Å². The quantitative estimate of drug-likeness (QED) is 0.902. The highest BCUT2D eigenvalue weighted by atomic mass is 16.4. The summed E-state index contributed by atoms with van der Waals surface area (Å²) >= 11 is 0. The molecule has 7 heteroatoms. The number of aromatic nitrogens is 2. The van der Waals surface area contributed by atoms with Crippen molar-refractivity contribution in [1.29, 1.82) is 0 Å². The first-order chi connectivity index (χ1) is 12.0. The highest BCUT2D eigenvalue weighted by Gasteiger charge is 2.34. The lowest BCUT2D eigenvalue weighted by atomic mass is 10.0. The van der Waals surface area contributed by atoms with Gasteiger partial charge in [-0.3, -0.25) is 9.59 Å².